The lowest BCUT2D eigenvalue weighted by atomic mass is 10.2. The summed E-state index contributed by atoms with van der Waals surface area (Å²) in [6, 6.07) is 9.89. The molecule has 96 valence electrons. The van der Waals surface area contributed by atoms with Crippen LogP contribution in [0, 0.1) is 6.92 Å². The average molecular weight is 270 g/mol. The summed E-state index contributed by atoms with van der Waals surface area (Å²) in [5.74, 6) is -0.0559. The van der Waals surface area contributed by atoms with Crippen molar-refractivity contribution in [3.05, 3.63) is 52.3 Å². The highest BCUT2D eigenvalue weighted by Crippen LogP contribution is 2.21. The number of nitrogens with one attached hydrogen (secondary N) is 1. The minimum atomic E-state index is -0.0559. The summed E-state index contributed by atoms with van der Waals surface area (Å²) in [6.07, 6.45) is 2.01. The Kier molecular flexibility index (Phi) is 2.87. The van der Waals surface area contributed by atoms with E-state index in [-0.39, 0.29) is 5.91 Å². The van der Waals surface area contributed by atoms with Gasteiger partial charge in [0.2, 0.25) is 0 Å². The molecular formula is C15H14N2OS. The minimum absolute atomic E-state index is 0.0559. The van der Waals surface area contributed by atoms with Crippen LogP contribution in [0.5, 0.6) is 0 Å². The van der Waals surface area contributed by atoms with Crippen LogP contribution >= 0.6 is 11.3 Å². The highest BCUT2D eigenvalue weighted by molar-refractivity contribution is 7.10. The molecule has 0 bridgehead atoms. The van der Waals surface area contributed by atoms with E-state index < -0.39 is 0 Å². The second-order valence-electron chi connectivity index (χ2n) is 4.60. The molecule has 0 radical (unpaired) electrons. The van der Waals surface area contributed by atoms with Gasteiger partial charge in [-0.25, -0.2) is 0 Å². The zero-order chi connectivity index (χ0) is 13.4. The number of carbonyl (C=O) groups excluding carboxylic acids is 1. The quantitative estimate of drug-likeness (QED) is 0.755. The first-order chi connectivity index (χ1) is 9.13. The largest absolute Gasteiger partial charge is 0.351 e. The van der Waals surface area contributed by atoms with Gasteiger partial charge in [0.25, 0.3) is 5.91 Å². The number of hydrogen-bond acceptors (Lipinski definition) is 2. The number of anilines is 1. The van der Waals surface area contributed by atoms with E-state index in [1.165, 1.54) is 0 Å². The van der Waals surface area contributed by atoms with Crippen LogP contribution in [0.3, 0.4) is 0 Å². The van der Waals surface area contributed by atoms with Crippen molar-refractivity contribution in [1.29, 1.82) is 0 Å². The predicted octanol–water partition coefficient (Wildman–Crippen LogP) is 3.80. The molecule has 0 saturated heterocycles. The Labute approximate surface area is 115 Å². The van der Waals surface area contributed by atoms with Crippen molar-refractivity contribution in [3.8, 4) is 0 Å². The minimum Gasteiger partial charge on any atom is -0.351 e. The molecule has 3 aromatic rings. The molecule has 0 saturated carbocycles. The highest BCUT2D eigenvalue weighted by atomic mass is 32.1. The first-order valence-electron chi connectivity index (χ1n) is 6.05. The number of aryl methyl sites for hydroxylation is 2. The molecule has 0 spiro atoms. The predicted molar refractivity (Wildman–Crippen MR) is 79.9 cm³/mol. The van der Waals surface area contributed by atoms with Crippen LogP contribution in [-0.4, -0.2) is 10.5 Å². The van der Waals surface area contributed by atoms with Gasteiger partial charge in [0.1, 0.15) is 0 Å². The number of benzene rings is 1. The van der Waals surface area contributed by atoms with Gasteiger partial charge in [-0.1, -0.05) is 0 Å². The highest BCUT2D eigenvalue weighted by Gasteiger charge is 2.08. The molecular weight excluding hydrogens is 256 g/mol. The monoisotopic (exact) mass is 270 g/mol. The Morgan fingerprint density at radius 1 is 1.26 bits per heavy atom. The van der Waals surface area contributed by atoms with Crippen LogP contribution in [0.15, 0.2) is 41.9 Å². The zero-order valence-electron chi connectivity index (χ0n) is 10.8. The second-order valence-corrected chi connectivity index (χ2v) is 5.72. The van der Waals surface area contributed by atoms with Crippen LogP contribution in [0.25, 0.3) is 10.9 Å². The van der Waals surface area contributed by atoms with Crippen LogP contribution in [-0.2, 0) is 7.05 Å². The smallest absolute Gasteiger partial charge is 0.256 e. The number of nitrogens with zero attached hydrogens (tertiary/aromatic N) is 1. The lowest BCUT2D eigenvalue weighted by Gasteiger charge is -2.04. The van der Waals surface area contributed by atoms with E-state index in [0.29, 0.717) is 0 Å². The number of thiophene rings is 1. The van der Waals surface area contributed by atoms with Crippen molar-refractivity contribution < 1.29 is 4.79 Å². The molecule has 3 rings (SSSR count). The Hall–Kier alpha value is -2.07. The van der Waals surface area contributed by atoms with Crippen molar-refractivity contribution in [3.63, 3.8) is 0 Å². The van der Waals surface area contributed by atoms with E-state index in [1.54, 1.807) is 11.3 Å². The fourth-order valence-electron chi connectivity index (χ4n) is 2.13. The van der Waals surface area contributed by atoms with Gasteiger partial charge < -0.3 is 9.88 Å². The summed E-state index contributed by atoms with van der Waals surface area (Å²) in [5, 5.41) is 5.94. The van der Waals surface area contributed by atoms with Gasteiger partial charge in [-0.05, 0) is 37.3 Å². The van der Waals surface area contributed by atoms with Crippen molar-refractivity contribution in [1.82, 2.24) is 4.57 Å². The molecule has 0 aliphatic rings. The zero-order valence-corrected chi connectivity index (χ0v) is 11.6. The first-order valence-corrected chi connectivity index (χ1v) is 6.93. The lowest BCUT2D eigenvalue weighted by Crippen LogP contribution is -2.10. The molecule has 2 aromatic heterocycles. The fraction of sp³-hybridized carbons (Fsp3) is 0.133. The van der Waals surface area contributed by atoms with Crippen molar-refractivity contribution in [2.24, 2.45) is 7.05 Å². The van der Waals surface area contributed by atoms with Crippen LogP contribution in [0.2, 0.25) is 0 Å². The summed E-state index contributed by atoms with van der Waals surface area (Å²) < 4.78 is 2.06. The maximum atomic E-state index is 12.1. The molecule has 4 heteroatoms. The van der Waals surface area contributed by atoms with Crippen LogP contribution < -0.4 is 5.32 Å². The summed E-state index contributed by atoms with van der Waals surface area (Å²) in [4.78, 5) is 13.2. The average Bonchev–Trinajstić information content (AvgIpc) is 2.97. The lowest BCUT2D eigenvalue weighted by molar-refractivity contribution is 0.102. The third-order valence-electron chi connectivity index (χ3n) is 3.14. The van der Waals surface area contributed by atoms with Gasteiger partial charge in [-0.2, -0.15) is 0 Å². The van der Waals surface area contributed by atoms with Gasteiger partial charge in [-0.3, -0.25) is 4.79 Å². The molecule has 0 aliphatic carbocycles. The van der Waals surface area contributed by atoms with E-state index in [2.05, 4.69) is 9.88 Å². The summed E-state index contributed by atoms with van der Waals surface area (Å²) in [7, 11) is 2.01. The SMILES string of the molecule is Cc1cc(C(=O)Nc2ccc3c(ccn3C)c2)cs1. The Morgan fingerprint density at radius 2 is 2.11 bits per heavy atom. The number of hydrogen-bond donors (Lipinski definition) is 1. The second kappa shape index (κ2) is 4.55. The molecule has 1 amide bonds. The third-order valence-corrected chi connectivity index (χ3v) is 4.00. The van der Waals surface area contributed by atoms with E-state index in [1.807, 2.05) is 55.9 Å². The molecule has 3 nitrogen and oxygen atoms in total. The fourth-order valence-corrected chi connectivity index (χ4v) is 2.81. The van der Waals surface area contributed by atoms with Gasteiger partial charge >= 0.3 is 0 Å². The first kappa shape index (κ1) is 12.0. The van der Waals surface area contributed by atoms with E-state index in [4.69, 9.17) is 0 Å². The molecule has 0 unspecified atom stereocenters. The van der Waals surface area contributed by atoms with Crippen molar-refractivity contribution in [2.75, 3.05) is 5.32 Å². The molecule has 1 N–H and O–H groups in total. The number of rotatable bonds is 2. The van der Waals surface area contributed by atoms with Crippen LogP contribution in [0.4, 0.5) is 5.69 Å². The number of aromatic nitrogens is 1. The third kappa shape index (κ3) is 2.27. The van der Waals surface area contributed by atoms with Crippen LogP contribution in [0.1, 0.15) is 15.2 Å². The molecule has 1 aromatic carbocycles. The Morgan fingerprint density at radius 3 is 2.84 bits per heavy atom. The van der Waals surface area contributed by atoms with Crippen molar-refractivity contribution >= 4 is 33.8 Å². The van der Waals surface area contributed by atoms with E-state index in [9.17, 15) is 4.79 Å². The van der Waals surface area contributed by atoms with Gasteiger partial charge in [0.05, 0.1) is 5.56 Å². The Balaban J connectivity index is 1.87. The number of carbonyl (C=O) groups is 1. The normalized spacial score (nSPS) is 10.8. The molecule has 0 fully saturated rings. The maximum Gasteiger partial charge on any atom is 0.256 e. The standard InChI is InChI=1S/C15H14N2OS/c1-10-7-12(9-19-10)15(18)16-13-3-4-14-11(8-13)5-6-17(14)2/h3-9H,1-2H3,(H,16,18). The molecule has 0 aliphatic heterocycles. The Bertz CT molecular complexity index is 754. The maximum absolute atomic E-state index is 12.1. The van der Waals surface area contributed by atoms with Gasteiger partial charge in [0.15, 0.2) is 0 Å². The molecule has 2 heterocycles. The number of fused-ring (bicyclic) bond motifs is 1. The van der Waals surface area contributed by atoms with E-state index >= 15 is 0 Å². The summed E-state index contributed by atoms with van der Waals surface area (Å²) in [5.41, 5.74) is 2.70. The van der Waals surface area contributed by atoms with E-state index in [0.717, 1.165) is 27.0 Å². The number of amides is 1. The van der Waals surface area contributed by atoms with Gasteiger partial charge in [0, 0.05) is 40.1 Å². The van der Waals surface area contributed by atoms with Crippen molar-refractivity contribution in [2.45, 2.75) is 6.92 Å². The summed E-state index contributed by atoms with van der Waals surface area (Å²) in [6.45, 7) is 2.00. The summed E-state index contributed by atoms with van der Waals surface area (Å²) >= 11 is 1.59. The molecule has 19 heavy (non-hydrogen) atoms. The topological polar surface area (TPSA) is 34.0 Å². The van der Waals surface area contributed by atoms with Gasteiger partial charge in [-0.15, -0.1) is 11.3 Å². The molecule has 0 atom stereocenters.